The van der Waals surface area contributed by atoms with Crippen molar-refractivity contribution >= 4 is 22.8 Å². The van der Waals surface area contributed by atoms with Gasteiger partial charge in [-0.2, -0.15) is 5.10 Å². The van der Waals surface area contributed by atoms with Crippen molar-refractivity contribution in [3.05, 3.63) is 48.4 Å². The summed E-state index contributed by atoms with van der Waals surface area (Å²) in [5.74, 6) is 1.59. The Labute approximate surface area is 183 Å². The van der Waals surface area contributed by atoms with Gasteiger partial charge in [0.15, 0.2) is 11.6 Å². The minimum Gasteiger partial charge on any atom is -0.368 e. The molecule has 164 valence electrons. The normalized spacial score (nSPS) is 15.9. The van der Waals surface area contributed by atoms with E-state index in [1.54, 1.807) is 24.3 Å². The van der Waals surface area contributed by atoms with Gasteiger partial charge in [0, 0.05) is 33.7 Å². The summed E-state index contributed by atoms with van der Waals surface area (Å²) in [7, 11) is 3.68. The summed E-state index contributed by atoms with van der Waals surface area (Å²) in [4.78, 5) is 15.6. The Morgan fingerprint density at radius 2 is 1.90 bits per heavy atom. The molecule has 9 heteroatoms. The zero-order valence-electron chi connectivity index (χ0n) is 18.3. The van der Waals surface area contributed by atoms with Gasteiger partial charge >= 0.3 is 0 Å². The summed E-state index contributed by atoms with van der Waals surface area (Å²) in [6.07, 6.45) is 5.89. The smallest absolute Gasteiger partial charge is 0.191 e. The lowest BCUT2D eigenvalue weighted by atomic mass is 10.1. The van der Waals surface area contributed by atoms with Gasteiger partial charge in [0.1, 0.15) is 12.1 Å². The molecule has 0 radical (unpaired) electrons. The molecule has 3 heterocycles. The molecule has 1 fully saturated rings. The summed E-state index contributed by atoms with van der Waals surface area (Å²) in [6.45, 7) is 4.54. The largest absolute Gasteiger partial charge is 0.368 e. The zero-order chi connectivity index (χ0) is 21.5. The van der Waals surface area contributed by atoms with Crippen molar-refractivity contribution in [2.75, 3.05) is 45.1 Å². The fourth-order valence-electron chi connectivity index (χ4n) is 4.06. The highest BCUT2D eigenvalue weighted by atomic mass is 15.3. The fourth-order valence-corrected chi connectivity index (χ4v) is 4.06. The van der Waals surface area contributed by atoms with Crippen molar-refractivity contribution in [2.24, 2.45) is 12.0 Å². The maximum atomic E-state index is 4.39. The van der Waals surface area contributed by atoms with Gasteiger partial charge in [-0.1, -0.05) is 30.3 Å². The number of likely N-dealkylation sites (tertiary alicyclic amines) is 1. The number of aromatic nitrogens is 4. The summed E-state index contributed by atoms with van der Waals surface area (Å²) in [6, 6.07) is 11.1. The number of hydrogen-bond acceptors (Lipinski definition) is 6. The van der Waals surface area contributed by atoms with Crippen LogP contribution in [-0.2, 0) is 7.05 Å². The maximum absolute atomic E-state index is 4.39. The Bertz CT molecular complexity index is 993. The molecule has 0 aliphatic carbocycles. The molecular weight excluding hydrogens is 390 g/mol. The van der Waals surface area contributed by atoms with E-state index in [1.807, 2.05) is 7.05 Å². The van der Waals surface area contributed by atoms with Crippen molar-refractivity contribution in [2.45, 2.75) is 18.9 Å². The van der Waals surface area contributed by atoms with E-state index in [1.165, 1.54) is 18.4 Å². The molecule has 1 aliphatic heterocycles. The Morgan fingerprint density at radius 1 is 1.10 bits per heavy atom. The molecule has 0 saturated carbocycles. The molecule has 1 aromatic carbocycles. The molecule has 0 amide bonds. The second kappa shape index (κ2) is 10.2. The first-order chi connectivity index (χ1) is 15.3. The average Bonchev–Trinajstić information content (AvgIpc) is 3.47. The lowest BCUT2D eigenvalue weighted by Gasteiger charge is -2.29. The van der Waals surface area contributed by atoms with E-state index in [0.717, 1.165) is 42.4 Å². The van der Waals surface area contributed by atoms with Gasteiger partial charge in [0.25, 0.3) is 0 Å². The number of aryl methyl sites for hydroxylation is 1. The molecule has 0 bridgehead atoms. The van der Waals surface area contributed by atoms with Crippen LogP contribution in [0.25, 0.3) is 11.0 Å². The summed E-state index contributed by atoms with van der Waals surface area (Å²) >= 11 is 0. The van der Waals surface area contributed by atoms with E-state index in [0.29, 0.717) is 19.1 Å². The number of fused-ring (bicyclic) bond motifs is 1. The number of rotatable bonds is 8. The lowest BCUT2D eigenvalue weighted by molar-refractivity contribution is 0.245. The lowest BCUT2D eigenvalue weighted by Crippen LogP contribution is -2.43. The van der Waals surface area contributed by atoms with Crippen LogP contribution in [0.15, 0.2) is 47.8 Å². The average molecular weight is 422 g/mol. The minimum atomic E-state index is 0.347. The van der Waals surface area contributed by atoms with Crippen LogP contribution in [0.4, 0.5) is 5.82 Å². The number of nitrogens with one attached hydrogen (secondary N) is 3. The molecule has 9 nitrogen and oxygen atoms in total. The Hall–Kier alpha value is -3.20. The van der Waals surface area contributed by atoms with Gasteiger partial charge in [0.05, 0.1) is 17.6 Å². The molecule has 1 unspecified atom stereocenters. The van der Waals surface area contributed by atoms with Crippen LogP contribution in [-0.4, -0.2) is 70.4 Å². The van der Waals surface area contributed by atoms with E-state index in [-0.39, 0.29) is 0 Å². The fraction of sp³-hybridized carbons (Fsp3) is 0.455. The Morgan fingerprint density at radius 3 is 2.68 bits per heavy atom. The van der Waals surface area contributed by atoms with E-state index in [2.05, 4.69) is 71.2 Å². The zero-order valence-corrected chi connectivity index (χ0v) is 18.3. The summed E-state index contributed by atoms with van der Waals surface area (Å²) < 4.78 is 1.75. The van der Waals surface area contributed by atoms with Crippen LogP contribution in [0.1, 0.15) is 24.4 Å². The van der Waals surface area contributed by atoms with E-state index < -0.39 is 0 Å². The van der Waals surface area contributed by atoms with Crippen molar-refractivity contribution < 1.29 is 0 Å². The number of hydrogen-bond donors (Lipinski definition) is 3. The highest BCUT2D eigenvalue weighted by Gasteiger charge is 2.23. The van der Waals surface area contributed by atoms with Gasteiger partial charge in [-0.05, 0) is 31.5 Å². The van der Waals surface area contributed by atoms with Crippen molar-refractivity contribution in [1.82, 2.24) is 35.3 Å². The SMILES string of the molecule is CN=C(NCCNc1ncnc2c1cnn2C)NCC(c1ccccc1)N1CCCC1. The third kappa shape index (κ3) is 5.11. The third-order valence-electron chi connectivity index (χ3n) is 5.69. The molecule has 0 spiro atoms. The number of benzene rings is 1. The van der Waals surface area contributed by atoms with Gasteiger partial charge in [-0.25, -0.2) is 9.97 Å². The minimum absolute atomic E-state index is 0.347. The summed E-state index contributed by atoms with van der Waals surface area (Å²) in [5.41, 5.74) is 2.16. The van der Waals surface area contributed by atoms with Crippen LogP contribution in [0.2, 0.25) is 0 Å². The highest BCUT2D eigenvalue weighted by molar-refractivity contribution is 5.86. The number of nitrogens with zero attached hydrogens (tertiary/aromatic N) is 6. The maximum Gasteiger partial charge on any atom is 0.191 e. The second-order valence-corrected chi connectivity index (χ2v) is 7.70. The standard InChI is InChI=1S/C22H31N9/c1-23-22(25-11-10-24-20-18-14-29-30(2)21(18)28-16-27-20)26-15-19(31-12-6-7-13-31)17-8-4-3-5-9-17/h3-5,8-9,14,16,19H,6-7,10-13,15H2,1-2H3,(H2,23,25,26)(H,24,27,28). The van der Waals surface area contributed by atoms with Gasteiger partial charge < -0.3 is 16.0 Å². The van der Waals surface area contributed by atoms with E-state index in [9.17, 15) is 0 Å². The second-order valence-electron chi connectivity index (χ2n) is 7.70. The van der Waals surface area contributed by atoms with Gasteiger partial charge in [-0.3, -0.25) is 14.6 Å². The molecule has 31 heavy (non-hydrogen) atoms. The van der Waals surface area contributed by atoms with Crippen molar-refractivity contribution in [1.29, 1.82) is 0 Å². The molecule has 1 saturated heterocycles. The first-order valence-corrected chi connectivity index (χ1v) is 10.9. The molecule has 1 aliphatic rings. The number of anilines is 1. The molecule has 2 aromatic heterocycles. The van der Waals surface area contributed by atoms with E-state index in [4.69, 9.17) is 0 Å². The Kier molecular flexibility index (Phi) is 6.93. The molecular formula is C22H31N9. The topological polar surface area (TPSA) is 95.3 Å². The number of guanidine groups is 1. The monoisotopic (exact) mass is 421 g/mol. The third-order valence-corrected chi connectivity index (χ3v) is 5.69. The summed E-state index contributed by atoms with van der Waals surface area (Å²) in [5, 5.41) is 15.4. The molecule has 3 N–H and O–H groups in total. The predicted molar refractivity (Wildman–Crippen MR) is 124 cm³/mol. The van der Waals surface area contributed by atoms with Crippen LogP contribution in [0.5, 0.6) is 0 Å². The number of aliphatic imine (C=N–C) groups is 1. The van der Waals surface area contributed by atoms with Crippen molar-refractivity contribution in [3.63, 3.8) is 0 Å². The van der Waals surface area contributed by atoms with Crippen LogP contribution < -0.4 is 16.0 Å². The van der Waals surface area contributed by atoms with Crippen LogP contribution in [0, 0.1) is 0 Å². The van der Waals surface area contributed by atoms with Gasteiger partial charge in [0.2, 0.25) is 0 Å². The highest BCUT2D eigenvalue weighted by Crippen LogP contribution is 2.24. The van der Waals surface area contributed by atoms with Crippen LogP contribution in [0.3, 0.4) is 0 Å². The first-order valence-electron chi connectivity index (χ1n) is 10.9. The van der Waals surface area contributed by atoms with E-state index >= 15 is 0 Å². The van der Waals surface area contributed by atoms with Crippen LogP contribution >= 0.6 is 0 Å². The Balaban J connectivity index is 1.29. The molecule has 3 aromatic rings. The first kappa shape index (κ1) is 21.0. The predicted octanol–water partition coefficient (Wildman–Crippen LogP) is 1.78. The molecule has 4 rings (SSSR count). The van der Waals surface area contributed by atoms with Gasteiger partial charge in [-0.15, -0.1) is 0 Å². The van der Waals surface area contributed by atoms with Crippen molar-refractivity contribution in [3.8, 4) is 0 Å². The quantitative estimate of drug-likeness (QED) is 0.290. The molecule has 1 atom stereocenters.